The van der Waals surface area contributed by atoms with E-state index in [9.17, 15) is 0 Å². The summed E-state index contributed by atoms with van der Waals surface area (Å²) in [6, 6.07) is 0. The molecule has 0 aromatic heterocycles. The highest BCUT2D eigenvalue weighted by Gasteiger charge is 2.39. The van der Waals surface area contributed by atoms with Crippen LogP contribution in [0, 0.1) is 5.92 Å². The second-order valence-electron chi connectivity index (χ2n) is 4.13. The molecule has 0 atom stereocenters. The van der Waals surface area contributed by atoms with E-state index in [4.69, 9.17) is 15.2 Å². The summed E-state index contributed by atoms with van der Waals surface area (Å²) in [6.45, 7) is 2.38. The molecule has 1 heterocycles. The average molecular weight is 185 g/mol. The molecular weight excluding hydrogens is 166 g/mol. The van der Waals surface area contributed by atoms with Crippen LogP contribution in [0.3, 0.4) is 0 Å². The molecular formula is C10H19NO2. The lowest BCUT2D eigenvalue weighted by Crippen LogP contribution is -2.35. The third-order valence-corrected chi connectivity index (χ3v) is 3.26. The van der Waals surface area contributed by atoms with Crippen molar-refractivity contribution in [1.29, 1.82) is 0 Å². The fourth-order valence-corrected chi connectivity index (χ4v) is 2.43. The number of ether oxygens (including phenoxy) is 2. The van der Waals surface area contributed by atoms with Crippen LogP contribution in [0.5, 0.6) is 0 Å². The average Bonchev–Trinajstić information content (AvgIpc) is 2.59. The van der Waals surface area contributed by atoms with Crippen LogP contribution < -0.4 is 5.73 Å². The van der Waals surface area contributed by atoms with Gasteiger partial charge in [0.1, 0.15) is 0 Å². The summed E-state index contributed by atoms with van der Waals surface area (Å²) in [5.74, 6) is 0.619. The van der Waals surface area contributed by atoms with E-state index in [-0.39, 0.29) is 5.79 Å². The van der Waals surface area contributed by atoms with E-state index in [2.05, 4.69) is 0 Å². The SMILES string of the molecule is NCCC1CCC2(CC1)OCCO2. The molecule has 0 bridgehead atoms. The van der Waals surface area contributed by atoms with Gasteiger partial charge in [-0.3, -0.25) is 0 Å². The zero-order chi connectivity index (χ0) is 9.15. The van der Waals surface area contributed by atoms with Gasteiger partial charge in [-0.05, 0) is 31.7 Å². The van der Waals surface area contributed by atoms with E-state index >= 15 is 0 Å². The number of rotatable bonds is 2. The monoisotopic (exact) mass is 185 g/mol. The molecule has 0 aromatic carbocycles. The Balaban J connectivity index is 1.81. The summed E-state index contributed by atoms with van der Waals surface area (Å²) >= 11 is 0. The quantitative estimate of drug-likeness (QED) is 0.704. The van der Waals surface area contributed by atoms with Crippen molar-refractivity contribution < 1.29 is 9.47 Å². The lowest BCUT2D eigenvalue weighted by Gasteiger charge is -2.35. The largest absolute Gasteiger partial charge is 0.348 e. The third kappa shape index (κ3) is 2.03. The molecule has 0 amide bonds. The van der Waals surface area contributed by atoms with Crippen molar-refractivity contribution >= 4 is 0 Å². The first-order chi connectivity index (χ1) is 6.35. The minimum atomic E-state index is -0.189. The summed E-state index contributed by atoms with van der Waals surface area (Å²) in [5.41, 5.74) is 5.54. The first-order valence-corrected chi connectivity index (χ1v) is 5.33. The minimum Gasteiger partial charge on any atom is -0.348 e. The number of hydrogen-bond acceptors (Lipinski definition) is 3. The fourth-order valence-electron chi connectivity index (χ4n) is 2.43. The number of hydrogen-bond donors (Lipinski definition) is 1. The van der Waals surface area contributed by atoms with Crippen LogP contribution in [0.2, 0.25) is 0 Å². The molecule has 76 valence electrons. The standard InChI is InChI=1S/C10H19NO2/c11-6-3-9-1-4-10(5-2-9)12-7-8-13-10/h9H,1-8,11H2. The molecule has 2 rings (SSSR count). The molecule has 2 aliphatic rings. The molecule has 1 aliphatic heterocycles. The Labute approximate surface area is 79.6 Å². The van der Waals surface area contributed by atoms with Crippen molar-refractivity contribution in [3.63, 3.8) is 0 Å². The predicted octanol–water partition coefficient (Wildman–Crippen LogP) is 1.27. The van der Waals surface area contributed by atoms with E-state index in [1.807, 2.05) is 0 Å². The Morgan fingerprint density at radius 1 is 1.15 bits per heavy atom. The molecule has 1 saturated heterocycles. The lowest BCUT2D eigenvalue weighted by molar-refractivity contribution is -0.182. The van der Waals surface area contributed by atoms with Crippen LogP contribution in [0.1, 0.15) is 32.1 Å². The molecule has 0 radical (unpaired) electrons. The zero-order valence-electron chi connectivity index (χ0n) is 8.13. The molecule has 2 N–H and O–H groups in total. The van der Waals surface area contributed by atoms with Crippen molar-refractivity contribution in [2.75, 3.05) is 19.8 Å². The van der Waals surface area contributed by atoms with Crippen LogP contribution in [0.25, 0.3) is 0 Å². The van der Waals surface area contributed by atoms with Crippen molar-refractivity contribution in [2.24, 2.45) is 11.7 Å². The van der Waals surface area contributed by atoms with E-state index in [1.54, 1.807) is 0 Å². The first-order valence-electron chi connectivity index (χ1n) is 5.33. The first kappa shape index (κ1) is 9.44. The van der Waals surface area contributed by atoms with Gasteiger partial charge in [0.05, 0.1) is 13.2 Å². The second kappa shape index (κ2) is 3.95. The molecule has 3 nitrogen and oxygen atoms in total. The summed E-state index contributed by atoms with van der Waals surface area (Å²) < 4.78 is 11.3. The molecule has 0 aromatic rings. The van der Waals surface area contributed by atoms with Crippen LogP contribution >= 0.6 is 0 Å². The normalized spacial score (nSPS) is 28.4. The predicted molar refractivity (Wildman–Crippen MR) is 50.3 cm³/mol. The Morgan fingerprint density at radius 2 is 1.77 bits per heavy atom. The Kier molecular flexibility index (Phi) is 2.86. The van der Waals surface area contributed by atoms with Crippen molar-refractivity contribution in [3.8, 4) is 0 Å². The van der Waals surface area contributed by atoms with E-state index in [1.165, 1.54) is 12.8 Å². The van der Waals surface area contributed by atoms with Gasteiger partial charge in [-0.25, -0.2) is 0 Å². The highest BCUT2D eigenvalue weighted by Crippen LogP contribution is 2.38. The smallest absolute Gasteiger partial charge is 0.168 e. The molecule has 3 heteroatoms. The van der Waals surface area contributed by atoms with Crippen molar-refractivity contribution in [3.05, 3.63) is 0 Å². The van der Waals surface area contributed by atoms with Gasteiger partial charge in [-0.2, -0.15) is 0 Å². The van der Waals surface area contributed by atoms with Gasteiger partial charge < -0.3 is 15.2 Å². The van der Waals surface area contributed by atoms with Gasteiger partial charge in [0.2, 0.25) is 0 Å². The molecule has 1 aliphatic carbocycles. The van der Waals surface area contributed by atoms with Crippen LogP contribution in [0.4, 0.5) is 0 Å². The van der Waals surface area contributed by atoms with Crippen molar-refractivity contribution in [1.82, 2.24) is 0 Å². The van der Waals surface area contributed by atoms with Gasteiger partial charge >= 0.3 is 0 Å². The molecule has 1 spiro atoms. The van der Waals surface area contributed by atoms with Gasteiger partial charge in [0.25, 0.3) is 0 Å². The Hall–Kier alpha value is -0.120. The van der Waals surface area contributed by atoms with Gasteiger partial charge in [0, 0.05) is 12.8 Å². The lowest BCUT2D eigenvalue weighted by atomic mass is 9.83. The summed E-state index contributed by atoms with van der Waals surface area (Å²) in [7, 11) is 0. The zero-order valence-corrected chi connectivity index (χ0v) is 8.13. The van der Waals surface area contributed by atoms with Gasteiger partial charge in [-0.1, -0.05) is 0 Å². The highest BCUT2D eigenvalue weighted by molar-refractivity contribution is 4.82. The van der Waals surface area contributed by atoms with Crippen LogP contribution in [-0.4, -0.2) is 25.5 Å². The third-order valence-electron chi connectivity index (χ3n) is 3.26. The molecule has 1 saturated carbocycles. The summed E-state index contributed by atoms with van der Waals surface area (Å²) in [4.78, 5) is 0. The number of nitrogens with two attached hydrogens (primary N) is 1. The maximum Gasteiger partial charge on any atom is 0.168 e. The topological polar surface area (TPSA) is 44.5 Å². The van der Waals surface area contributed by atoms with Crippen LogP contribution in [0.15, 0.2) is 0 Å². The van der Waals surface area contributed by atoms with Crippen LogP contribution in [-0.2, 0) is 9.47 Å². The van der Waals surface area contributed by atoms with E-state index < -0.39 is 0 Å². The highest BCUT2D eigenvalue weighted by atomic mass is 16.7. The Morgan fingerprint density at radius 3 is 2.31 bits per heavy atom. The summed E-state index contributed by atoms with van der Waals surface area (Å²) in [5, 5.41) is 0. The minimum absolute atomic E-state index is 0.189. The van der Waals surface area contributed by atoms with E-state index in [0.717, 1.165) is 44.9 Å². The maximum absolute atomic E-state index is 5.65. The Bertz CT molecular complexity index is 156. The van der Waals surface area contributed by atoms with Gasteiger partial charge in [0.15, 0.2) is 5.79 Å². The second-order valence-corrected chi connectivity index (χ2v) is 4.13. The fraction of sp³-hybridized carbons (Fsp3) is 1.00. The molecule has 0 unspecified atom stereocenters. The maximum atomic E-state index is 5.65. The molecule has 13 heavy (non-hydrogen) atoms. The molecule has 2 fully saturated rings. The van der Waals surface area contributed by atoms with Crippen molar-refractivity contribution in [2.45, 2.75) is 37.9 Å². The van der Waals surface area contributed by atoms with E-state index in [0.29, 0.717) is 0 Å². The van der Waals surface area contributed by atoms with Gasteiger partial charge in [-0.15, -0.1) is 0 Å². The summed E-state index contributed by atoms with van der Waals surface area (Å²) in [6.07, 6.45) is 5.74.